The number of methoxy groups -OCH3 is 1. The number of carbonyl (C=O) groups excluding carboxylic acids is 1. The zero-order chi connectivity index (χ0) is 9.52. The smallest absolute Gasteiger partial charge is 0.291 e. The van der Waals surface area contributed by atoms with Crippen molar-refractivity contribution in [3.05, 3.63) is 24.0 Å². The minimum Gasteiger partial charge on any atom is -0.382 e. The average molecular weight is 184 g/mol. The molecule has 1 aromatic rings. The van der Waals surface area contributed by atoms with E-state index >= 15 is 0 Å². The molecule has 5 heteroatoms. The molecule has 1 aromatic heterocycles. The van der Waals surface area contributed by atoms with E-state index in [0.29, 0.717) is 18.9 Å². The van der Waals surface area contributed by atoms with E-state index in [1.807, 2.05) is 0 Å². The fraction of sp³-hybridized carbons (Fsp3) is 0.375. The molecule has 2 N–H and O–H groups in total. The molecule has 1 rings (SSSR count). The van der Waals surface area contributed by atoms with Gasteiger partial charge in [-0.2, -0.15) is 0 Å². The van der Waals surface area contributed by atoms with Crippen LogP contribution < -0.4 is 5.48 Å². The van der Waals surface area contributed by atoms with Gasteiger partial charge in [0.2, 0.25) is 0 Å². The van der Waals surface area contributed by atoms with E-state index in [1.165, 1.54) is 0 Å². The normalized spacial score (nSPS) is 9.92. The first-order valence-corrected chi connectivity index (χ1v) is 3.89. The number of aromatic amines is 1. The number of carbonyl (C=O) groups is 1. The number of hydrogen-bond donors (Lipinski definition) is 2. The first-order chi connectivity index (χ1) is 6.34. The molecule has 0 aliphatic heterocycles. The van der Waals surface area contributed by atoms with Gasteiger partial charge in [0, 0.05) is 13.3 Å². The molecule has 0 atom stereocenters. The van der Waals surface area contributed by atoms with Gasteiger partial charge in [-0.3, -0.25) is 9.63 Å². The molecule has 0 radical (unpaired) electrons. The Bertz CT molecular complexity index is 246. The molecule has 1 amide bonds. The van der Waals surface area contributed by atoms with E-state index in [1.54, 1.807) is 25.4 Å². The molecule has 13 heavy (non-hydrogen) atoms. The molecular weight excluding hydrogens is 172 g/mol. The molecule has 0 spiro atoms. The monoisotopic (exact) mass is 184 g/mol. The molecule has 1 heterocycles. The van der Waals surface area contributed by atoms with Gasteiger partial charge in [-0.05, 0) is 12.1 Å². The third kappa shape index (κ3) is 3.27. The van der Waals surface area contributed by atoms with E-state index < -0.39 is 0 Å². The first kappa shape index (κ1) is 9.76. The largest absolute Gasteiger partial charge is 0.382 e. The number of hydroxylamine groups is 1. The quantitative estimate of drug-likeness (QED) is 0.511. The molecule has 0 unspecified atom stereocenters. The summed E-state index contributed by atoms with van der Waals surface area (Å²) in [7, 11) is 1.57. The van der Waals surface area contributed by atoms with Crippen LogP contribution in [0.15, 0.2) is 18.3 Å². The van der Waals surface area contributed by atoms with Gasteiger partial charge in [0.05, 0.1) is 13.2 Å². The SMILES string of the molecule is COCCONC(=O)c1ccc[nH]1. The summed E-state index contributed by atoms with van der Waals surface area (Å²) in [5, 5.41) is 0. The first-order valence-electron chi connectivity index (χ1n) is 3.89. The zero-order valence-corrected chi connectivity index (χ0v) is 7.37. The van der Waals surface area contributed by atoms with Gasteiger partial charge in [-0.1, -0.05) is 0 Å². The molecule has 72 valence electrons. The summed E-state index contributed by atoms with van der Waals surface area (Å²) in [5.41, 5.74) is 2.74. The molecular formula is C8H12N2O3. The van der Waals surface area contributed by atoms with Crippen molar-refractivity contribution in [1.29, 1.82) is 0 Å². The highest BCUT2D eigenvalue weighted by Crippen LogP contribution is 1.92. The number of hydrogen-bond acceptors (Lipinski definition) is 3. The molecule has 0 bridgehead atoms. The highest BCUT2D eigenvalue weighted by Gasteiger charge is 2.03. The number of amides is 1. The fourth-order valence-electron chi connectivity index (χ4n) is 0.768. The molecule has 0 aliphatic carbocycles. The van der Waals surface area contributed by atoms with Gasteiger partial charge in [0.15, 0.2) is 0 Å². The molecule has 0 saturated heterocycles. The molecule has 0 fully saturated rings. The van der Waals surface area contributed by atoms with Gasteiger partial charge in [0.1, 0.15) is 5.69 Å². The van der Waals surface area contributed by atoms with Crippen LogP contribution in [0.3, 0.4) is 0 Å². The average Bonchev–Trinajstić information content (AvgIpc) is 2.65. The summed E-state index contributed by atoms with van der Waals surface area (Å²) >= 11 is 0. The lowest BCUT2D eigenvalue weighted by Gasteiger charge is -2.03. The Balaban J connectivity index is 2.19. The van der Waals surface area contributed by atoms with Crippen molar-refractivity contribution in [1.82, 2.24) is 10.5 Å². The van der Waals surface area contributed by atoms with E-state index in [2.05, 4.69) is 10.5 Å². The molecule has 0 saturated carbocycles. The lowest BCUT2D eigenvalue weighted by Crippen LogP contribution is -2.25. The Hall–Kier alpha value is -1.33. The van der Waals surface area contributed by atoms with Gasteiger partial charge >= 0.3 is 0 Å². The maximum atomic E-state index is 11.2. The van der Waals surface area contributed by atoms with Crippen molar-refractivity contribution in [3.63, 3.8) is 0 Å². The number of aromatic nitrogens is 1. The van der Waals surface area contributed by atoms with Crippen molar-refractivity contribution < 1.29 is 14.4 Å². The highest BCUT2D eigenvalue weighted by molar-refractivity contribution is 5.91. The van der Waals surface area contributed by atoms with Gasteiger partial charge in [-0.15, -0.1) is 0 Å². The molecule has 5 nitrogen and oxygen atoms in total. The van der Waals surface area contributed by atoms with Crippen LogP contribution in [0.25, 0.3) is 0 Å². The number of rotatable bonds is 5. The molecule has 0 aliphatic rings. The number of H-pyrrole nitrogens is 1. The second-order valence-corrected chi connectivity index (χ2v) is 2.36. The van der Waals surface area contributed by atoms with Crippen molar-refractivity contribution >= 4 is 5.91 Å². The zero-order valence-electron chi connectivity index (χ0n) is 7.37. The summed E-state index contributed by atoms with van der Waals surface area (Å²) in [6.07, 6.45) is 1.67. The Labute approximate surface area is 76.0 Å². The Morgan fingerprint density at radius 2 is 2.46 bits per heavy atom. The van der Waals surface area contributed by atoms with Crippen molar-refractivity contribution in [2.75, 3.05) is 20.3 Å². The third-order valence-corrected chi connectivity index (χ3v) is 1.40. The van der Waals surface area contributed by atoms with Crippen LogP contribution in [0.4, 0.5) is 0 Å². The predicted molar refractivity (Wildman–Crippen MR) is 46.1 cm³/mol. The van der Waals surface area contributed by atoms with Gasteiger partial charge < -0.3 is 9.72 Å². The van der Waals surface area contributed by atoms with Crippen molar-refractivity contribution in [2.24, 2.45) is 0 Å². The lowest BCUT2D eigenvalue weighted by molar-refractivity contribution is 0.00861. The van der Waals surface area contributed by atoms with Crippen LogP contribution >= 0.6 is 0 Å². The number of ether oxygens (including phenoxy) is 1. The second-order valence-electron chi connectivity index (χ2n) is 2.36. The molecule has 0 aromatic carbocycles. The maximum absolute atomic E-state index is 11.2. The lowest BCUT2D eigenvalue weighted by atomic mass is 10.4. The summed E-state index contributed by atoms with van der Waals surface area (Å²) in [6, 6.07) is 3.40. The summed E-state index contributed by atoms with van der Waals surface area (Å²) < 4.78 is 4.73. The fourth-order valence-corrected chi connectivity index (χ4v) is 0.768. The number of nitrogens with one attached hydrogen (secondary N) is 2. The highest BCUT2D eigenvalue weighted by atomic mass is 16.7. The third-order valence-electron chi connectivity index (χ3n) is 1.40. The van der Waals surface area contributed by atoms with Crippen LogP contribution in [0.1, 0.15) is 10.5 Å². The standard InChI is InChI=1S/C8H12N2O3/c1-12-5-6-13-10-8(11)7-3-2-4-9-7/h2-4,9H,5-6H2,1H3,(H,10,11). The van der Waals surface area contributed by atoms with Crippen molar-refractivity contribution in [2.45, 2.75) is 0 Å². The van der Waals surface area contributed by atoms with E-state index in [-0.39, 0.29) is 5.91 Å². The minimum absolute atomic E-state index is 0.291. The topological polar surface area (TPSA) is 63.4 Å². The van der Waals surface area contributed by atoms with E-state index in [4.69, 9.17) is 9.57 Å². The van der Waals surface area contributed by atoms with Gasteiger partial charge in [-0.25, -0.2) is 5.48 Å². The Morgan fingerprint density at radius 1 is 1.62 bits per heavy atom. The van der Waals surface area contributed by atoms with E-state index in [9.17, 15) is 4.79 Å². The summed E-state index contributed by atoms with van der Waals surface area (Å²) in [6.45, 7) is 0.786. The van der Waals surface area contributed by atoms with E-state index in [0.717, 1.165) is 0 Å². The predicted octanol–water partition coefficient (Wildman–Crippen LogP) is 0.322. The van der Waals surface area contributed by atoms with Crippen LogP contribution in [-0.2, 0) is 9.57 Å². The summed E-state index contributed by atoms with van der Waals surface area (Å²) in [5.74, 6) is -0.291. The van der Waals surface area contributed by atoms with Crippen molar-refractivity contribution in [3.8, 4) is 0 Å². The summed E-state index contributed by atoms with van der Waals surface area (Å²) in [4.78, 5) is 18.7. The van der Waals surface area contributed by atoms with Crippen LogP contribution in [0.2, 0.25) is 0 Å². The maximum Gasteiger partial charge on any atom is 0.291 e. The Kier molecular flexibility index (Phi) is 4.01. The minimum atomic E-state index is -0.291. The van der Waals surface area contributed by atoms with Gasteiger partial charge in [0.25, 0.3) is 5.91 Å². The van der Waals surface area contributed by atoms with Crippen LogP contribution in [0, 0.1) is 0 Å². The van der Waals surface area contributed by atoms with Crippen LogP contribution in [-0.4, -0.2) is 31.2 Å². The Morgan fingerprint density at radius 3 is 3.08 bits per heavy atom. The van der Waals surface area contributed by atoms with Crippen LogP contribution in [0.5, 0.6) is 0 Å². The second kappa shape index (κ2) is 5.34.